The van der Waals surface area contributed by atoms with E-state index in [1.807, 2.05) is 73.5 Å². The van der Waals surface area contributed by atoms with Gasteiger partial charge in [0.25, 0.3) is 5.91 Å². The number of rotatable bonds is 8. The first-order valence-electron chi connectivity index (χ1n) is 13.5. The normalized spacial score (nSPS) is 17.1. The molecule has 0 N–H and O–H groups in total. The van der Waals surface area contributed by atoms with E-state index in [-0.39, 0.29) is 18.0 Å². The molecule has 1 aromatic heterocycles. The molecule has 0 saturated heterocycles. The van der Waals surface area contributed by atoms with Crippen molar-refractivity contribution >= 4 is 50.7 Å². The number of nitriles is 1. The molecule has 0 spiro atoms. The maximum Gasteiger partial charge on any atom is 0.266 e. The predicted molar refractivity (Wildman–Crippen MR) is 164 cm³/mol. The van der Waals surface area contributed by atoms with E-state index in [1.54, 1.807) is 10.5 Å². The van der Waals surface area contributed by atoms with Gasteiger partial charge in [-0.05, 0) is 85.8 Å². The van der Waals surface area contributed by atoms with E-state index in [1.165, 1.54) is 11.3 Å². The van der Waals surface area contributed by atoms with Crippen LogP contribution in [0.4, 0.5) is 0 Å². The molecule has 1 fully saturated rings. The molecule has 5 rings (SSSR count). The molecule has 1 aliphatic rings. The smallest absolute Gasteiger partial charge is 0.266 e. The molecule has 206 valence electrons. The Hall–Kier alpha value is -3.08. The van der Waals surface area contributed by atoms with Crippen LogP contribution in [0.15, 0.2) is 66.7 Å². The summed E-state index contributed by atoms with van der Waals surface area (Å²) in [4.78, 5) is 16.8. The summed E-state index contributed by atoms with van der Waals surface area (Å²) < 4.78 is 8.79. The Kier molecular flexibility index (Phi) is 8.97. The first-order valence-corrected chi connectivity index (χ1v) is 15.1. The zero-order valence-corrected chi connectivity index (χ0v) is 24.9. The lowest BCUT2D eigenvalue weighted by Crippen LogP contribution is -2.44. The van der Waals surface area contributed by atoms with Crippen molar-refractivity contribution in [2.75, 3.05) is 13.7 Å². The highest BCUT2D eigenvalue weighted by Crippen LogP contribution is 2.39. The van der Waals surface area contributed by atoms with E-state index in [0.29, 0.717) is 28.6 Å². The zero-order valence-electron chi connectivity index (χ0n) is 22.6. The second-order valence-corrected chi connectivity index (χ2v) is 12.1. The number of amides is 1. The van der Waals surface area contributed by atoms with Crippen LogP contribution >= 0.6 is 34.7 Å². The third-order valence-electron chi connectivity index (χ3n) is 7.63. The highest BCUT2D eigenvalue weighted by Gasteiger charge is 2.33. The van der Waals surface area contributed by atoms with Gasteiger partial charge in [0.1, 0.15) is 10.6 Å². The largest absolute Gasteiger partial charge is 0.494 e. The maximum atomic E-state index is 14.3. The third kappa shape index (κ3) is 5.99. The molecule has 1 amide bonds. The summed E-state index contributed by atoms with van der Waals surface area (Å²) in [6, 6.07) is 24.0. The Morgan fingerprint density at radius 3 is 2.45 bits per heavy atom. The molecule has 8 heteroatoms. The SMILES string of the molecule is CCOc1ccc(-c2cccc(C#N)c2)cc1CN(C(=O)c1sc2ccccc2c1Cl)C1CCC(N(C)Cl)CC1. The molecule has 1 heterocycles. The lowest BCUT2D eigenvalue weighted by Gasteiger charge is -2.38. The van der Waals surface area contributed by atoms with E-state index in [2.05, 4.69) is 12.1 Å². The van der Waals surface area contributed by atoms with Gasteiger partial charge >= 0.3 is 0 Å². The predicted octanol–water partition coefficient (Wildman–Crippen LogP) is 8.53. The standard InChI is InChI=1S/C32H31Cl2N3O2S/c1-3-39-28-16-11-23(22-8-6-7-21(17-22)19-35)18-24(28)20-37(26-14-12-25(13-15-26)36(2)34)32(38)31-30(33)27-9-4-5-10-29(27)40-31/h4-11,16-18,25-26H,3,12-15,20H2,1-2H3. The average Bonchev–Trinajstić information content (AvgIpc) is 3.32. The third-order valence-corrected chi connectivity index (χ3v) is 9.57. The van der Waals surface area contributed by atoms with Crippen LogP contribution in [-0.4, -0.2) is 41.0 Å². The molecule has 0 bridgehead atoms. The van der Waals surface area contributed by atoms with Crippen molar-refractivity contribution in [2.24, 2.45) is 0 Å². The van der Waals surface area contributed by atoms with Crippen LogP contribution in [0, 0.1) is 11.3 Å². The summed E-state index contributed by atoms with van der Waals surface area (Å²) >= 11 is 14.5. The summed E-state index contributed by atoms with van der Waals surface area (Å²) in [6.45, 7) is 2.86. The van der Waals surface area contributed by atoms with Crippen LogP contribution in [0.2, 0.25) is 5.02 Å². The molecule has 1 aliphatic carbocycles. The second kappa shape index (κ2) is 12.6. The molecule has 4 aromatic rings. The van der Waals surface area contributed by atoms with Gasteiger partial charge in [0.15, 0.2) is 0 Å². The van der Waals surface area contributed by atoms with Crippen molar-refractivity contribution in [2.45, 2.75) is 51.2 Å². The molecule has 40 heavy (non-hydrogen) atoms. The molecule has 0 aliphatic heterocycles. The van der Waals surface area contributed by atoms with Crippen molar-refractivity contribution in [1.29, 1.82) is 5.26 Å². The molecule has 0 radical (unpaired) electrons. The second-order valence-electron chi connectivity index (χ2n) is 10.1. The van der Waals surface area contributed by atoms with Gasteiger partial charge in [-0.25, -0.2) is 4.42 Å². The zero-order chi connectivity index (χ0) is 28.2. The fourth-order valence-electron chi connectivity index (χ4n) is 5.51. The molecular weight excluding hydrogens is 561 g/mol. The monoisotopic (exact) mass is 591 g/mol. The van der Waals surface area contributed by atoms with Gasteiger partial charge in [0.05, 0.1) is 23.3 Å². The highest BCUT2D eigenvalue weighted by molar-refractivity contribution is 7.21. The van der Waals surface area contributed by atoms with Gasteiger partial charge in [-0.3, -0.25) is 4.79 Å². The van der Waals surface area contributed by atoms with Gasteiger partial charge in [-0.15, -0.1) is 11.3 Å². The Labute approximate surface area is 249 Å². The number of carbonyl (C=O) groups excluding carboxylic acids is 1. The molecule has 0 atom stereocenters. The number of nitrogens with zero attached hydrogens (tertiary/aromatic N) is 3. The molecule has 0 unspecified atom stereocenters. The maximum absolute atomic E-state index is 14.3. The fourth-order valence-corrected chi connectivity index (χ4v) is 7.17. The van der Waals surface area contributed by atoms with Crippen molar-refractivity contribution in [1.82, 2.24) is 9.32 Å². The topological polar surface area (TPSA) is 56.6 Å². The Morgan fingerprint density at radius 2 is 1.75 bits per heavy atom. The average molecular weight is 593 g/mol. The van der Waals surface area contributed by atoms with Gasteiger partial charge in [0.2, 0.25) is 0 Å². The Bertz CT molecular complexity index is 1550. The summed E-state index contributed by atoms with van der Waals surface area (Å²) in [5, 5.41) is 10.8. The minimum atomic E-state index is -0.0618. The number of ether oxygens (including phenoxy) is 1. The number of hydrogen-bond acceptors (Lipinski definition) is 5. The highest BCUT2D eigenvalue weighted by atomic mass is 35.5. The van der Waals surface area contributed by atoms with Crippen LogP contribution in [0.3, 0.4) is 0 Å². The van der Waals surface area contributed by atoms with Gasteiger partial charge in [0, 0.05) is 41.3 Å². The van der Waals surface area contributed by atoms with Crippen LogP contribution in [0.25, 0.3) is 21.2 Å². The molecule has 3 aromatic carbocycles. The lowest BCUT2D eigenvalue weighted by atomic mass is 9.89. The van der Waals surface area contributed by atoms with Crippen LogP contribution in [-0.2, 0) is 6.54 Å². The summed E-state index contributed by atoms with van der Waals surface area (Å²) in [5.41, 5.74) is 3.43. The van der Waals surface area contributed by atoms with Gasteiger partial charge < -0.3 is 9.64 Å². The summed E-state index contributed by atoms with van der Waals surface area (Å²) in [6.07, 6.45) is 3.52. The van der Waals surface area contributed by atoms with Gasteiger partial charge in [-0.1, -0.05) is 48.0 Å². The van der Waals surface area contributed by atoms with Crippen molar-refractivity contribution in [3.63, 3.8) is 0 Å². The summed E-state index contributed by atoms with van der Waals surface area (Å²) in [7, 11) is 1.90. The van der Waals surface area contributed by atoms with E-state index in [4.69, 9.17) is 28.1 Å². The number of benzene rings is 3. The summed E-state index contributed by atoms with van der Waals surface area (Å²) in [5.74, 6) is 0.685. The van der Waals surface area contributed by atoms with Crippen LogP contribution in [0.5, 0.6) is 5.75 Å². The Balaban J connectivity index is 1.54. The number of hydrogen-bond donors (Lipinski definition) is 0. The first-order chi connectivity index (χ1) is 19.4. The van der Waals surface area contributed by atoms with Crippen LogP contribution in [0.1, 0.15) is 53.4 Å². The molecule has 5 nitrogen and oxygen atoms in total. The van der Waals surface area contributed by atoms with Crippen molar-refractivity contribution in [3.05, 3.63) is 87.8 Å². The minimum Gasteiger partial charge on any atom is -0.494 e. The van der Waals surface area contributed by atoms with Crippen LogP contribution < -0.4 is 4.74 Å². The van der Waals surface area contributed by atoms with Crippen molar-refractivity contribution < 1.29 is 9.53 Å². The van der Waals surface area contributed by atoms with E-state index in [0.717, 1.165) is 58.2 Å². The lowest BCUT2D eigenvalue weighted by molar-refractivity contribution is 0.0589. The number of thiophene rings is 1. The molecule has 1 saturated carbocycles. The fraction of sp³-hybridized carbons (Fsp3) is 0.312. The van der Waals surface area contributed by atoms with E-state index >= 15 is 0 Å². The number of carbonyl (C=O) groups is 1. The number of halogens is 2. The van der Waals surface area contributed by atoms with E-state index < -0.39 is 0 Å². The molecular formula is C32H31Cl2N3O2S. The van der Waals surface area contributed by atoms with Gasteiger partial charge in [-0.2, -0.15) is 5.26 Å². The Morgan fingerprint density at radius 1 is 1.02 bits per heavy atom. The number of fused-ring (bicyclic) bond motifs is 1. The minimum absolute atomic E-state index is 0.0432. The quantitative estimate of drug-likeness (QED) is 0.193. The van der Waals surface area contributed by atoms with Crippen molar-refractivity contribution in [3.8, 4) is 22.9 Å². The van der Waals surface area contributed by atoms with E-state index in [9.17, 15) is 10.1 Å². The first kappa shape index (κ1) is 28.4.